The fourth-order valence-corrected chi connectivity index (χ4v) is 3.90. The molecule has 9 nitrogen and oxygen atoms in total. The zero-order chi connectivity index (χ0) is 21.7. The number of primary sulfonamides is 1. The highest BCUT2D eigenvalue weighted by atomic mass is 32.2. The molecule has 3 aromatic rings. The van der Waals surface area contributed by atoms with Crippen LogP contribution < -0.4 is 9.88 Å². The second kappa shape index (κ2) is 9.28. The predicted octanol–water partition coefficient (Wildman–Crippen LogP) is 2.25. The minimum Gasteiger partial charge on any atom is -0.497 e. The Balaban J connectivity index is 2.03. The van der Waals surface area contributed by atoms with Crippen molar-refractivity contribution in [1.29, 1.82) is 0 Å². The number of benzene rings is 2. The molecule has 3 rings (SSSR count). The third-order valence-electron chi connectivity index (χ3n) is 4.03. The SMILES string of the molecule is CCOC(=O)CSc1nnc(-c2ccc(OC)cc2)n1-c1ccc(S(N)(=O)=O)cc1. The number of nitrogens with zero attached hydrogens (tertiary/aromatic N) is 3. The second-order valence-corrected chi connectivity index (χ2v) is 8.51. The summed E-state index contributed by atoms with van der Waals surface area (Å²) in [6.45, 7) is 2.03. The number of carbonyl (C=O) groups excluding carboxylic acids is 1. The lowest BCUT2D eigenvalue weighted by Crippen LogP contribution is -2.12. The largest absolute Gasteiger partial charge is 0.497 e. The molecule has 2 N–H and O–H groups in total. The van der Waals surface area contributed by atoms with E-state index < -0.39 is 10.0 Å². The maximum atomic E-state index is 11.8. The first kappa shape index (κ1) is 21.8. The molecule has 158 valence electrons. The number of hydrogen-bond acceptors (Lipinski definition) is 8. The number of rotatable bonds is 8. The molecule has 0 radical (unpaired) electrons. The highest BCUT2D eigenvalue weighted by Crippen LogP contribution is 2.29. The average Bonchev–Trinajstić information content (AvgIpc) is 3.16. The van der Waals surface area contributed by atoms with E-state index in [9.17, 15) is 13.2 Å². The molecule has 2 aromatic carbocycles. The number of esters is 1. The van der Waals surface area contributed by atoms with Crippen molar-refractivity contribution in [3.05, 3.63) is 48.5 Å². The van der Waals surface area contributed by atoms with Crippen molar-refractivity contribution in [3.8, 4) is 22.8 Å². The summed E-state index contributed by atoms with van der Waals surface area (Å²) in [5.41, 5.74) is 1.38. The van der Waals surface area contributed by atoms with Crippen molar-refractivity contribution < 1.29 is 22.7 Å². The summed E-state index contributed by atoms with van der Waals surface area (Å²) < 4.78 is 35.0. The van der Waals surface area contributed by atoms with Crippen LogP contribution in [0.3, 0.4) is 0 Å². The lowest BCUT2D eigenvalue weighted by Gasteiger charge is -2.11. The normalized spacial score (nSPS) is 11.3. The van der Waals surface area contributed by atoms with E-state index in [1.807, 2.05) is 12.1 Å². The quantitative estimate of drug-likeness (QED) is 0.411. The van der Waals surface area contributed by atoms with E-state index in [0.29, 0.717) is 22.4 Å². The van der Waals surface area contributed by atoms with Crippen LogP contribution in [0, 0.1) is 0 Å². The maximum absolute atomic E-state index is 11.8. The Hall–Kier alpha value is -2.89. The summed E-state index contributed by atoms with van der Waals surface area (Å²) in [5, 5.41) is 14.1. The molecule has 0 fully saturated rings. The molecule has 0 unspecified atom stereocenters. The topological polar surface area (TPSA) is 126 Å². The zero-order valence-corrected chi connectivity index (χ0v) is 17.9. The Kier molecular flexibility index (Phi) is 6.75. The first-order valence-electron chi connectivity index (χ1n) is 8.85. The van der Waals surface area contributed by atoms with Gasteiger partial charge in [0.25, 0.3) is 0 Å². The number of hydrogen-bond donors (Lipinski definition) is 1. The van der Waals surface area contributed by atoms with Crippen molar-refractivity contribution in [2.45, 2.75) is 17.0 Å². The summed E-state index contributed by atoms with van der Waals surface area (Å²) in [6.07, 6.45) is 0. The van der Waals surface area contributed by atoms with Gasteiger partial charge in [-0.15, -0.1) is 10.2 Å². The van der Waals surface area contributed by atoms with Crippen LogP contribution in [0.5, 0.6) is 5.75 Å². The molecular weight excluding hydrogens is 428 g/mol. The van der Waals surface area contributed by atoms with Gasteiger partial charge in [-0.1, -0.05) is 11.8 Å². The Morgan fingerprint density at radius 1 is 1.10 bits per heavy atom. The number of carbonyl (C=O) groups is 1. The van der Waals surface area contributed by atoms with Crippen molar-refractivity contribution in [2.24, 2.45) is 5.14 Å². The predicted molar refractivity (Wildman–Crippen MR) is 112 cm³/mol. The third-order valence-corrected chi connectivity index (χ3v) is 5.86. The van der Waals surface area contributed by atoms with Crippen LogP contribution >= 0.6 is 11.8 Å². The van der Waals surface area contributed by atoms with E-state index in [2.05, 4.69) is 10.2 Å². The molecule has 0 atom stereocenters. The molecule has 0 amide bonds. The van der Waals surface area contributed by atoms with Gasteiger partial charge in [-0.05, 0) is 55.5 Å². The van der Waals surface area contributed by atoms with Gasteiger partial charge < -0.3 is 9.47 Å². The van der Waals surface area contributed by atoms with E-state index in [1.165, 1.54) is 23.9 Å². The van der Waals surface area contributed by atoms with Crippen LogP contribution in [0.2, 0.25) is 0 Å². The van der Waals surface area contributed by atoms with Gasteiger partial charge >= 0.3 is 5.97 Å². The number of thioether (sulfide) groups is 1. The molecule has 30 heavy (non-hydrogen) atoms. The molecule has 0 aliphatic heterocycles. The van der Waals surface area contributed by atoms with Gasteiger partial charge in [0.05, 0.1) is 24.4 Å². The van der Waals surface area contributed by atoms with E-state index in [1.54, 1.807) is 42.9 Å². The first-order chi connectivity index (χ1) is 14.3. The molecule has 0 saturated heterocycles. The van der Waals surface area contributed by atoms with Crippen molar-refractivity contribution >= 4 is 27.8 Å². The molecule has 11 heteroatoms. The van der Waals surface area contributed by atoms with Gasteiger partial charge in [-0.3, -0.25) is 9.36 Å². The standard InChI is InChI=1S/C19H20N4O5S2/c1-3-28-17(24)12-29-19-22-21-18(13-4-8-15(27-2)9-5-13)23(19)14-6-10-16(11-7-14)30(20,25)26/h4-11H,3,12H2,1-2H3,(H2,20,25,26). The molecule has 0 saturated carbocycles. The smallest absolute Gasteiger partial charge is 0.316 e. The molecule has 0 aliphatic rings. The summed E-state index contributed by atoms with van der Waals surface area (Å²) in [7, 11) is -2.24. The maximum Gasteiger partial charge on any atom is 0.316 e. The fourth-order valence-electron chi connectivity index (χ4n) is 2.63. The van der Waals surface area contributed by atoms with Crippen molar-refractivity contribution in [2.75, 3.05) is 19.5 Å². The lowest BCUT2D eigenvalue weighted by molar-refractivity contribution is -0.139. The molecule has 1 heterocycles. The third kappa shape index (κ3) is 4.99. The summed E-state index contributed by atoms with van der Waals surface area (Å²) in [5.74, 6) is 0.906. The Morgan fingerprint density at radius 2 is 1.77 bits per heavy atom. The Bertz CT molecular complexity index is 1130. The summed E-state index contributed by atoms with van der Waals surface area (Å²) >= 11 is 1.17. The highest BCUT2D eigenvalue weighted by Gasteiger charge is 2.18. The van der Waals surface area contributed by atoms with E-state index in [4.69, 9.17) is 14.6 Å². The van der Waals surface area contributed by atoms with Gasteiger partial charge in [-0.25, -0.2) is 13.6 Å². The van der Waals surface area contributed by atoms with Gasteiger partial charge in [0.15, 0.2) is 11.0 Å². The van der Waals surface area contributed by atoms with Crippen LogP contribution in [0.15, 0.2) is 58.6 Å². The van der Waals surface area contributed by atoms with Crippen molar-refractivity contribution in [3.63, 3.8) is 0 Å². The number of nitrogens with two attached hydrogens (primary N) is 1. The number of methoxy groups -OCH3 is 1. The zero-order valence-electron chi connectivity index (χ0n) is 16.3. The van der Waals surface area contributed by atoms with Crippen LogP contribution in [0.4, 0.5) is 0 Å². The van der Waals surface area contributed by atoms with E-state index in [-0.39, 0.29) is 23.2 Å². The fraction of sp³-hybridized carbons (Fsp3) is 0.211. The minimum atomic E-state index is -3.82. The van der Waals surface area contributed by atoms with Crippen LogP contribution in [0.1, 0.15) is 6.92 Å². The number of ether oxygens (including phenoxy) is 2. The van der Waals surface area contributed by atoms with Gasteiger partial charge in [-0.2, -0.15) is 0 Å². The lowest BCUT2D eigenvalue weighted by atomic mass is 10.2. The highest BCUT2D eigenvalue weighted by molar-refractivity contribution is 7.99. The van der Waals surface area contributed by atoms with Gasteiger partial charge in [0.1, 0.15) is 5.75 Å². The monoisotopic (exact) mass is 448 g/mol. The molecular formula is C19H20N4O5S2. The first-order valence-corrected chi connectivity index (χ1v) is 11.4. The van der Waals surface area contributed by atoms with E-state index >= 15 is 0 Å². The summed E-state index contributed by atoms with van der Waals surface area (Å²) in [4.78, 5) is 11.8. The number of aromatic nitrogens is 3. The molecule has 0 bridgehead atoms. The van der Waals surface area contributed by atoms with Crippen LogP contribution in [0.25, 0.3) is 17.1 Å². The molecule has 1 aromatic heterocycles. The van der Waals surface area contributed by atoms with Gasteiger partial charge in [0, 0.05) is 11.3 Å². The van der Waals surface area contributed by atoms with Crippen LogP contribution in [-0.2, 0) is 19.6 Å². The van der Waals surface area contributed by atoms with Crippen LogP contribution in [-0.4, -0.2) is 48.6 Å². The average molecular weight is 449 g/mol. The second-order valence-electron chi connectivity index (χ2n) is 6.00. The molecule has 0 aliphatic carbocycles. The Labute approximate surface area is 178 Å². The van der Waals surface area contributed by atoms with Crippen molar-refractivity contribution in [1.82, 2.24) is 14.8 Å². The van der Waals surface area contributed by atoms with E-state index in [0.717, 1.165) is 5.56 Å². The number of sulfonamides is 1. The minimum absolute atomic E-state index is 0.00829. The summed E-state index contributed by atoms with van der Waals surface area (Å²) in [6, 6.07) is 13.3. The molecule has 0 spiro atoms. The van der Waals surface area contributed by atoms with Gasteiger partial charge in [0.2, 0.25) is 10.0 Å². The Morgan fingerprint density at radius 3 is 2.33 bits per heavy atom.